The molecule has 1 unspecified atom stereocenters. The van der Waals surface area contributed by atoms with Gasteiger partial charge >= 0.3 is 5.97 Å². The van der Waals surface area contributed by atoms with E-state index < -0.39 is 11.4 Å². The standard InChI is InChI=1S/C13H16O4/c1-13(2,12(14)15)8-7-17-10-6-4-5-9(16-3)11(8)10/h4-6,8H,7H2,1-3H3,(H,14,15). The van der Waals surface area contributed by atoms with Gasteiger partial charge in [0, 0.05) is 11.5 Å². The van der Waals surface area contributed by atoms with Crippen LogP contribution in [-0.2, 0) is 4.79 Å². The Bertz CT molecular complexity index is 451. The number of carbonyl (C=O) groups is 1. The SMILES string of the molecule is COc1cccc2c1C(C(C)(C)C(=O)O)CO2. The topological polar surface area (TPSA) is 55.8 Å². The lowest BCUT2D eigenvalue weighted by Gasteiger charge is -2.26. The summed E-state index contributed by atoms with van der Waals surface area (Å²) in [6, 6.07) is 5.52. The van der Waals surface area contributed by atoms with Crippen LogP contribution in [0.2, 0.25) is 0 Å². The Labute approximate surface area is 100 Å². The molecule has 1 heterocycles. The number of ether oxygens (including phenoxy) is 2. The van der Waals surface area contributed by atoms with E-state index in [2.05, 4.69) is 0 Å². The van der Waals surface area contributed by atoms with E-state index in [-0.39, 0.29) is 5.92 Å². The van der Waals surface area contributed by atoms with Gasteiger partial charge in [0.1, 0.15) is 11.5 Å². The normalized spacial score (nSPS) is 18.4. The van der Waals surface area contributed by atoms with Gasteiger partial charge in [0.2, 0.25) is 0 Å². The van der Waals surface area contributed by atoms with Gasteiger partial charge < -0.3 is 14.6 Å². The molecular weight excluding hydrogens is 220 g/mol. The van der Waals surface area contributed by atoms with Gasteiger partial charge in [-0.3, -0.25) is 4.79 Å². The fourth-order valence-electron chi connectivity index (χ4n) is 2.15. The molecule has 4 heteroatoms. The number of hydrogen-bond acceptors (Lipinski definition) is 3. The molecule has 17 heavy (non-hydrogen) atoms. The summed E-state index contributed by atoms with van der Waals surface area (Å²) in [6.45, 7) is 3.81. The first-order valence-electron chi connectivity index (χ1n) is 5.51. The molecule has 92 valence electrons. The van der Waals surface area contributed by atoms with E-state index in [9.17, 15) is 9.90 Å². The minimum absolute atomic E-state index is 0.189. The highest BCUT2D eigenvalue weighted by molar-refractivity contribution is 5.76. The van der Waals surface area contributed by atoms with Crippen molar-refractivity contribution in [3.63, 3.8) is 0 Å². The van der Waals surface area contributed by atoms with Crippen molar-refractivity contribution in [2.75, 3.05) is 13.7 Å². The summed E-state index contributed by atoms with van der Waals surface area (Å²) < 4.78 is 10.8. The monoisotopic (exact) mass is 236 g/mol. The molecule has 1 aromatic carbocycles. The van der Waals surface area contributed by atoms with Gasteiger partial charge in [-0.1, -0.05) is 6.07 Å². The molecule has 4 nitrogen and oxygen atoms in total. The number of fused-ring (bicyclic) bond motifs is 1. The quantitative estimate of drug-likeness (QED) is 0.874. The fourth-order valence-corrected chi connectivity index (χ4v) is 2.15. The molecule has 0 amide bonds. The van der Waals surface area contributed by atoms with Crippen molar-refractivity contribution in [3.8, 4) is 11.5 Å². The lowest BCUT2D eigenvalue weighted by atomic mass is 9.76. The van der Waals surface area contributed by atoms with Crippen molar-refractivity contribution in [3.05, 3.63) is 23.8 Å². The molecule has 2 rings (SSSR count). The molecule has 0 saturated carbocycles. The molecule has 0 aromatic heterocycles. The van der Waals surface area contributed by atoms with E-state index in [1.165, 1.54) is 0 Å². The zero-order chi connectivity index (χ0) is 12.6. The molecule has 1 aromatic rings. The molecule has 0 fully saturated rings. The first-order valence-corrected chi connectivity index (χ1v) is 5.51. The number of hydrogen-bond donors (Lipinski definition) is 1. The van der Waals surface area contributed by atoms with E-state index >= 15 is 0 Å². The van der Waals surface area contributed by atoms with Gasteiger partial charge in [0.15, 0.2) is 0 Å². The van der Waals surface area contributed by atoms with Crippen LogP contribution in [0.15, 0.2) is 18.2 Å². The Morgan fingerprint density at radius 1 is 1.53 bits per heavy atom. The van der Waals surface area contributed by atoms with Crippen LogP contribution in [0, 0.1) is 5.41 Å². The second-order valence-corrected chi connectivity index (χ2v) is 4.76. The Kier molecular flexibility index (Phi) is 2.73. The third-order valence-corrected chi connectivity index (χ3v) is 3.42. The predicted molar refractivity (Wildman–Crippen MR) is 62.6 cm³/mol. The number of carboxylic acids is 1. The maximum absolute atomic E-state index is 11.3. The molecule has 0 spiro atoms. The average Bonchev–Trinajstić information content (AvgIpc) is 2.72. The van der Waals surface area contributed by atoms with E-state index in [1.54, 1.807) is 21.0 Å². The first-order chi connectivity index (χ1) is 7.98. The average molecular weight is 236 g/mol. The van der Waals surface area contributed by atoms with E-state index in [0.29, 0.717) is 12.4 Å². The van der Waals surface area contributed by atoms with Crippen LogP contribution in [0.4, 0.5) is 0 Å². The summed E-state index contributed by atoms with van der Waals surface area (Å²) in [7, 11) is 1.58. The zero-order valence-corrected chi connectivity index (χ0v) is 10.2. The highest BCUT2D eigenvalue weighted by Crippen LogP contribution is 2.48. The van der Waals surface area contributed by atoms with Crippen molar-refractivity contribution in [2.24, 2.45) is 5.41 Å². The zero-order valence-electron chi connectivity index (χ0n) is 10.2. The summed E-state index contributed by atoms with van der Waals surface area (Å²) in [5.41, 5.74) is -0.0118. The summed E-state index contributed by atoms with van der Waals surface area (Å²) >= 11 is 0. The van der Waals surface area contributed by atoms with Crippen molar-refractivity contribution in [2.45, 2.75) is 19.8 Å². The Morgan fingerprint density at radius 3 is 2.82 bits per heavy atom. The molecule has 0 bridgehead atoms. The van der Waals surface area contributed by atoms with Gasteiger partial charge in [-0.2, -0.15) is 0 Å². The van der Waals surface area contributed by atoms with Gasteiger partial charge in [-0.15, -0.1) is 0 Å². The van der Waals surface area contributed by atoms with E-state index in [0.717, 1.165) is 11.3 Å². The summed E-state index contributed by atoms with van der Waals surface area (Å²) in [4.78, 5) is 11.3. The molecule has 0 saturated heterocycles. The van der Waals surface area contributed by atoms with Crippen LogP contribution in [-0.4, -0.2) is 24.8 Å². The molecule has 0 aliphatic carbocycles. The maximum atomic E-state index is 11.3. The number of benzene rings is 1. The van der Waals surface area contributed by atoms with Crippen LogP contribution in [0.5, 0.6) is 11.5 Å². The highest BCUT2D eigenvalue weighted by Gasteiger charge is 2.44. The molecule has 1 atom stereocenters. The molecule has 0 radical (unpaired) electrons. The lowest BCUT2D eigenvalue weighted by molar-refractivity contribution is -0.148. The summed E-state index contributed by atoms with van der Waals surface area (Å²) in [6.07, 6.45) is 0. The highest BCUT2D eigenvalue weighted by atomic mass is 16.5. The molecule has 1 N–H and O–H groups in total. The van der Waals surface area contributed by atoms with Crippen molar-refractivity contribution in [1.29, 1.82) is 0 Å². The molecule has 1 aliphatic heterocycles. The molecular formula is C13H16O4. The van der Waals surface area contributed by atoms with Gasteiger partial charge in [0.05, 0.1) is 19.1 Å². The lowest BCUT2D eigenvalue weighted by Crippen LogP contribution is -2.32. The Morgan fingerprint density at radius 2 is 2.24 bits per heavy atom. The maximum Gasteiger partial charge on any atom is 0.309 e. The van der Waals surface area contributed by atoms with Gasteiger partial charge in [-0.25, -0.2) is 0 Å². The van der Waals surface area contributed by atoms with Crippen molar-refractivity contribution < 1.29 is 19.4 Å². The Hall–Kier alpha value is -1.71. The number of carboxylic acid groups (broad SMARTS) is 1. The molecule has 1 aliphatic rings. The van der Waals surface area contributed by atoms with Crippen LogP contribution in [0.3, 0.4) is 0 Å². The predicted octanol–water partition coefficient (Wildman–Crippen LogP) is 2.28. The minimum atomic E-state index is -0.875. The van der Waals surface area contributed by atoms with E-state index in [4.69, 9.17) is 9.47 Å². The second kappa shape index (κ2) is 3.95. The number of rotatable bonds is 3. The van der Waals surface area contributed by atoms with Gasteiger partial charge in [0.25, 0.3) is 0 Å². The fraction of sp³-hybridized carbons (Fsp3) is 0.462. The third-order valence-electron chi connectivity index (χ3n) is 3.42. The van der Waals surface area contributed by atoms with Crippen LogP contribution < -0.4 is 9.47 Å². The van der Waals surface area contributed by atoms with E-state index in [1.807, 2.05) is 18.2 Å². The Balaban J connectivity index is 2.49. The van der Waals surface area contributed by atoms with Crippen LogP contribution >= 0.6 is 0 Å². The first kappa shape index (κ1) is 11.8. The number of aliphatic carboxylic acids is 1. The van der Waals surface area contributed by atoms with Crippen LogP contribution in [0.25, 0.3) is 0 Å². The summed E-state index contributed by atoms with van der Waals surface area (Å²) in [5, 5.41) is 9.29. The van der Waals surface area contributed by atoms with Crippen molar-refractivity contribution in [1.82, 2.24) is 0 Å². The number of methoxy groups -OCH3 is 1. The summed E-state index contributed by atoms with van der Waals surface area (Å²) in [5.74, 6) is 0.402. The van der Waals surface area contributed by atoms with Crippen molar-refractivity contribution >= 4 is 5.97 Å². The smallest absolute Gasteiger partial charge is 0.309 e. The largest absolute Gasteiger partial charge is 0.496 e. The second-order valence-electron chi connectivity index (χ2n) is 4.76. The van der Waals surface area contributed by atoms with Crippen LogP contribution in [0.1, 0.15) is 25.3 Å². The third kappa shape index (κ3) is 1.73. The van der Waals surface area contributed by atoms with Gasteiger partial charge in [-0.05, 0) is 26.0 Å². The minimum Gasteiger partial charge on any atom is -0.496 e.